The van der Waals surface area contributed by atoms with Crippen LogP contribution >= 0.6 is 0 Å². The fourth-order valence-corrected chi connectivity index (χ4v) is 1.64. The Labute approximate surface area is 77.9 Å². The van der Waals surface area contributed by atoms with Gasteiger partial charge in [-0.15, -0.1) is 0 Å². The summed E-state index contributed by atoms with van der Waals surface area (Å²) in [5.74, 6) is 0.824. The third kappa shape index (κ3) is 4.10. The Morgan fingerprint density at radius 3 is 2.33 bits per heavy atom. The molecule has 74 valence electrons. The summed E-state index contributed by atoms with van der Waals surface area (Å²) in [6, 6.07) is 0. The lowest BCUT2D eigenvalue weighted by molar-refractivity contribution is 0.198. The average Bonchev–Trinajstić information content (AvgIpc) is 2.00. The summed E-state index contributed by atoms with van der Waals surface area (Å²) in [6.07, 6.45) is 3.94. The zero-order chi connectivity index (χ0) is 9.61. The van der Waals surface area contributed by atoms with Gasteiger partial charge in [-0.05, 0) is 37.8 Å². The van der Waals surface area contributed by atoms with E-state index >= 15 is 0 Å². The van der Waals surface area contributed by atoms with Crippen LogP contribution in [0, 0.1) is 11.3 Å². The van der Waals surface area contributed by atoms with Crippen molar-refractivity contribution in [3.63, 3.8) is 0 Å². The second kappa shape index (κ2) is 5.58. The van der Waals surface area contributed by atoms with Crippen molar-refractivity contribution >= 4 is 0 Å². The van der Waals surface area contributed by atoms with Gasteiger partial charge in [0.15, 0.2) is 0 Å². The Balaban J connectivity index is 3.79. The van der Waals surface area contributed by atoms with Gasteiger partial charge in [0.25, 0.3) is 0 Å². The maximum atomic E-state index is 3.21. The van der Waals surface area contributed by atoms with E-state index in [2.05, 4.69) is 33.0 Å². The molecule has 0 aromatic carbocycles. The predicted octanol–water partition coefficient (Wildman–Crippen LogP) is 3.06. The van der Waals surface area contributed by atoms with Crippen LogP contribution in [0.4, 0.5) is 0 Å². The summed E-state index contributed by atoms with van der Waals surface area (Å²) in [5, 5.41) is 3.21. The third-order valence-corrected chi connectivity index (χ3v) is 3.06. The van der Waals surface area contributed by atoms with E-state index in [1.54, 1.807) is 0 Å². The van der Waals surface area contributed by atoms with Gasteiger partial charge in [0, 0.05) is 0 Å². The minimum absolute atomic E-state index is 0.519. The number of hydrogen-bond donors (Lipinski definition) is 1. The van der Waals surface area contributed by atoms with Gasteiger partial charge in [-0.25, -0.2) is 0 Å². The molecule has 0 heterocycles. The lowest BCUT2D eigenvalue weighted by atomic mass is 9.75. The molecule has 0 saturated heterocycles. The van der Waals surface area contributed by atoms with Gasteiger partial charge in [0.2, 0.25) is 0 Å². The topological polar surface area (TPSA) is 12.0 Å². The molecule has 0 radical (unpaired) electrons. The lowest BCUT2D eigenvalue weighted by Gasteiger charge is -2.31. The molecule has 0 rings (SSSR count). The Bertz CT molecular complexity index is 108. The molecule has 0 bridgehead atoms. The van der Waals surface area contributed by atoms with Crippen LogP contribution in [0.25, 0.3) is 0 Å². The van der Waals surface area contributed by atoms with E-state index in [1.165, 1.54) is 19.3 Å². The minimum atomic E-state index is 0.519. The first-order valence-corrected chi connectivity index (χ1v) is 5.19. The molecule has 0 saturated carbocycles. The molecule has 1 heteroatoms. The van der Waals surface area contributed by atoms with Crippen LogP contribution in [0.15, 0.2) is 0 Å². The highest BCUT2D eigenvalue weighted by molar-refractivity contribution is 4.75. The number of nitrogens with one attached hydrogen (secondary N) is 1. The van der Waals surface area contributed by atoms with Crippen molar-refractivity contribution in [3.05, 3.63) is 0 Å². The van der Waals surface area contributed by atoms with Gasteiger partial charge in [-0.1, -0.05) is 34.1 Å². The molecule has 0 aliphatic heterocycles. The quantitative estimate of drug-likeness (QED) is 0.647. The van der Waals surface area contributed by atoms with E-state index in [9.17, 15) is 0 Å². The molecule has 0 aromatic heterocycles. The van der Waals surface area contributed by atoms with Crippen LogP contribution in [0.3, 0.4) is 0 Å². The van der Waals surface area contributed by atoms with Gasteiger partial charge >= 0.3 is 0 Å². The van der Waals surface area contributed by atoms with Crippen LogP contribution in [0.5, 0.6) is 0 Å². The molecule has 0 spiro atoms. The van der Waals surface area contributed by atoms with Crippen molar-refractivity contribution < 1.29 is 0 Å². The van der Waals surface area contributed by atoms with Crippen molar-refractivity contribution in [3.8, 4) is 0 Å². The smallest absolute Gasteiger partial charge is 0.00492 e. The van der Waals surface area contributed by atoms with Gasteiger partial charge in [-0.3, -0.25) is 0 Å². The molecule has 1 atom stereocenters. The normalized spacial score (nSPS) is 14.8. The van der Waals surface area contributed by atoms with Crippen molar-refractivity contribution in [2.45, 2.75) is 47.0 Å². The van der Waals surface area contributed by atoms with Crippen LogP contribution < -0.4 is 5.32 Å². The molecule has 0 fully saturated rings. The lowest BCUT2D eigenvalue weighted by Crippen LogP contribution is -2.24. The van der Waals surface area contributed by atoms with E-state index in [1.807, 2.05) is 7.05 Å². The largest absolute Gasteiger partial charge is 0.320 e. The van der Waals surface area contributed by atoms with Gasteiger partial charge in [0.1, 0.15) is 0 Å². The van der Waals surface area contributed by atoms with Gasteiger partial charge in [-0.2, -0.15) is 0 Å². The summed E-state index contributed by atoms with van der Waals surface area (Å²) in [6.45, 7) is 10.6. The van der Waals surface area contributed by atoms with Gasteiger partial charge in [0.05, 0.1) is 0 Å². The monoisotopic (exact) mass is 171 g/mol. The second-order valence-corrected chi connectivity index (χ2v) is 4.53. The first kappa shape index (κ1) is 12.0. The first-order valence-electron chi connectivity index (χ1n) is 5.19. The molecular weight excluding hydrogens is 146 g/mol. The predicted molar refractivity (Wildman–Crippen MR) is 56.4 cm³/mol. The van der Waals surface area contributed by atoms with E-state index in [4.69, 9.17) is 0 Å². The van der Waals surface area contributed by atoms with Crippen molar-refractivity contribution in [2.75, 3.05) is 13.6 Å². The summed E-state index contributed by atoms with van der Waals surface area (Å²) in [5.41, 5.74) is 0.519. The minimum Gasteiger partial charge on any atom is -0.320 e. The average molecular weight is 171 g/mol. The SMILES string of the molecule is CCCC(C)(C)C(C)CCNC. The van der Waals surface area contributed by atoms with Crippen LogP contribution in [-0.4, -0.2) is 13.6 Å². The number of hydrogen-bond acceptors (Lipinski definition) is 1. The highest BCUT2D eigenvalue weighted by Gasteiger charge is 2.23. The highest BCUT2D eigenvalue weighted by atomic mass is 14.8. The summed E-state index contributed by atoms with van der Waals surface area (Å²) < 4.78 is 0. The van der Waals surface area contributed by atoms with Crippen LogP contribution in [0.1, 0.15) is 47.0 Å². The van der Waals surface area contributed by atoms with Crippen molar-refractivity contribution in [2.24, 2.45) is 11.3 Å². The maximum absolute atomic E-state index is 3.21. The molecule has 1 unspecified atom stereocenters. The first-order chi connectivity index (χ1) is 5.54. The second-order valence-electron chi connectivity index (χ2n) is 4.53. The fourth-order valence-electron chi connectivity index (χ4n) is 1.64. The molecule has 12 heavy (non-hydrogen) atoms. The summed E-state index contributed by atoms with van der Waals surface area (Å²) in [4.78, 5) is 0. The van der Waals surface area contributed by atoms with Crippen molar-refractivity contribution in [1.82, 2.24) is 5.32 Å². The van der Waals surface area contributed by atoms with E-state index in [0.717, 1.165) is 12.5 Å². The molecule has 0 amide bonds. The zero-order valence-electron chi connectivity index (χ0n) is 9.41. The van der Waals surface area contributed by atoms with Crippen LogP contribution in [0.2, 0.25) is 0 Å². The maximum Gasteiger partial charge on any atom is -0.00492 e. The van der Waals surface area contributed by atoms with E-state index < -0.39 is 0 Å². The summed E-state index contributed by atoms with van der Waals surface area (Å²) in [7, 11) is 2.03. The molecule has 0 aliphatic rings. The Hall–Kier alpha value is -0.0400. The Kier molecular flexibility index (Phi) is 5.56. The standard InChI is InChI=1S/C11H25N/c1-6-8-11(3,4)10(2)7-9-12-5/h10,12H,6-9H2,1-5H3. The number of rotatable bonds is 6. The third-order valence-electron chi connectivity index (χ3n) is 3.06. The van der Waals surface area contributed by atoms with Crippen molar-refractivity contribution in [1.29, 1.82) is 0 Å². The Morgan fingerprint density at radius 2 is 1.92 bits per heavy atom. The molecule has 0 aliphatic carbocycles. The summed E-state index contributed by atoms with van der Waals surface area (Å²) >= 11 is 0. The van der Waals surface area contributed by atoms with E-state index in [-0.39, 0.29) is 0 Å². The molecule has 0 aromatic rings. The van der Waals surface area contributed by atoms with Gasteiger partial charge < -0.3 is 5.32 Å². The fraction of sp³-hybridized carbons (Fsp3) is 1.00. The Morgan fingerprint density at radius 1 is 1.33 bits per heavy atom. The zero-order valence-corrected chi connectivity index (χ0v) is 9.41. The highest BCUT2D eigenvalue weighted by Crippen LogP contribution is 2.33. The molecular formula is C11H25N. The molecule has 1 N–H and O–H groups in total. The van der Waals surface area contributed by atoms with Crippen LogP contribution in [-0.2, 0) is 0 Å². The molecule has 1 nitrogen and oxygen atoms in total. The van der Waals surface area contributed by atoms with E-state index in [0.29, 0.717) is 5.41 Å².